The van der Waals surface area contributed by atoms with Crippen molar-refractivity contribution in [3.63, 3.8) is 0 Å². The van der Waals surface area contributed by atoms with Crippen molar-refractivity contribution >= 4 is 35.3 Å². The third-order valence-corrected chi connectivity index (χ3v) is 6.66. The van der Waals surface area contributed by atoms with Crippen LogP contribution in [0.5, 0.6) is 0 Å². The molecule has 12 nitrogen and oxygen atoms in total. The number of carbonyl (C=O) groups is 5. The van der Waals surface area contributed by atoms with Gasteiger partial charge in [0.15, 0.2) is 5.82 Å². The van der Waals surface area contributed by atoms with Gasteiger partial charge in [-0.3, -0.25) is 14.4 Å². The van der Waals surface area contributed by atoms with E-state index in [1.54, 1.807) is 25.1 Å². The molecule has 0 radical (unpaired) electrons. The first kappa shape index (κ1) is 29.5. The van der Waals surface area contributed by atoms with Crippen molar-refractivity contribution in [2.24, 2.45) is 0 Å². The van der Waals surface area contributed by atoms with Gasteiger partial charge in [0.2, 0.25) is 0 Å². The SMILES string of the molecule is CCOC(=O)CCC(NC(=O)c1cc(C2=CCC(=O)CC2)nc(-c2ccccc2)n1)C(=O)OC(=O)N1CCNCC1. The lowest BCUT2D eigenvalue weighted by atomic mass is 9.95. The van der Waals surface area contributed by atoms with Gasteiger partial charge < -0.3 is 25.0 Å². The minimum absolute atomic E-state index is 0.0194. The standard InChI is InChI=1S/C29H33N5O7/c1-2-40-25(36)13-12-22(28(38)41-29(39)34-16-14-30-15-17-34)33-27(37)24-18-23(19-8-10-21(35)11-9-19)31-26(32-24)20-6-4-3-5-7-20/h3-8,18,22,30H,2,9-17H2,1H3,(H,33,37). The monoisotopic (exact) mass is 563 g/mol. The van der Waals surface area contributed by atoms with Crippen molar-refractivity contribution in [2.75, 3.05) is 32.8 Å². The molecule has 41 heavy (non-hydrogen) atoms. The first-order chi connectivity index (χ1) is 19.8. The predicted molar refractivity (Wildman–Crippen MR) is 147 cm³/mol. The molecule has 0 bridgehead atoms. The lowest BCUT2D eigenvalue weighted by Gasteiger charge is -2.26. The number of allylic oxidation sites excluding steroid dienone is 2. The van der Waals surface area contributed by atoms with Gasteiger partial charge in [0.25, 0.3) is 5.91 Å². The molecule has 1 unspecified atom stereocenters. The summed E-state index contributed by atoms with van der Waals surface area (Å²) in [6, 6.07) is 9.28. The third kappa shape index (κ3) is 8.27. The van der Waals surface area contributed by atoms with Crippen LogP contribution in [-0.4, -0.2) is 83.4 Å². The van der Waals surface area contributed by atoms with Crippen molar-refractivity contribution in [3.05, 3.63) is 53.9 Å². The van der Waals surface area contributed by atoms with Gasteiger partial charge in [0, 0.05) is 51.0 Å². The van der Waals surface area contributed by atoms with Crippen molar-refractivity contribution in [2.45, 2.75) is 45.1 Å². The molecule has 2 aromatic rings. The van der Waals surface area contributed by atoms with Crippen LogP contribution in [0.2, 0.25) is 0 Å². The largest absolute Gasteiger partial charge is 0.466 e. The number of carbonyl (C=O) groups excluding carboxylic acids is 5. The van der Waals surface area contributed by atoms with Crippen molar-refractivity contribution in [3.8, 4) is 11.4 Å². The van der Waals surface area contributed by atoms with Crippen LogP contribution in [0.1, 0.15) is 55.2 Å². The Kier molecular flexibility index (Phi) is 10.3. The second-order valence-corrected chi connectivity index (χ2v) is 9.59. The summed E-state index contributed by atoms with van der Waals surface area (Å²) in [6.07, 6.45) is 1.79. The van der Waals surface area contributed by atoms with Crippen LogP contribution in [-0.2, 0) is 23.9 Å². The van der Waals surface area contributed by atoms with Gasteiger partial charge in [-0.05, 0) is 31.4 Å². The molecule has 216 valence electrons. The van der Waals surface area contributed by atoms with Crippen molar-refractivity contribution in [1.29, 1.82) is 0 Å². The molecular weight excluding hydrogens is 530 g/mol. The first-order valence-corrected chi connectivity index (χ1v) is 13.7. The number of hydrogen-bond acceptors (Lipinski definition) is 10. The highest BCUT2D eigenvalue weighted by Gasteiger charge is 2.29. The number of ketones is 1. The molecule has 2 N–H and O–H groups in total. The number of rotatable bonds is 9. The molecule has 1 fully saturated rings. The molecule has 1 aromatic carbocycles. The fourth-order valence-corrected chi connectivity index (χ4v) is 4.44. The highest BCUT2D eigenvalue weighted by atomic mass is 16.6. The number of nitrogens with zero attached hydrogens (tertiary/aromatic N) is 3. The number of benzene rings is 1. The second-order valence-electron chi connectivity index (χ2n) is 9.59. The van der Waals surface area contributed by atoms with Crippen LogP contribution in [0.3, 0.4) is 0 Å². The maximum absolute atomic E-state index is 13.5. The van der Waals surface area contributed by atoms with Crippen molar-refractivity contribution < 1.29 is 33.4 Å². The van der Waals surface area contributed by atoms with Crippen LogP contribution in [0.15, 0.2) is 42.5 Å². The first-order valence-electron chi connectivity index (χ1n) is 13.7. The molecular formula is C29H33N5O7. The number of amides is 2. The highest BCUT2D eigenvalue weighted by molar-refractivity contribution is 5.98. The van der Waals surface area contributed by atoms with E-state index in [9.17, 15) is 24.0 Å². The smallest absolute Gasteiger partial charge is 0.417 e. The lowest BCUT2D eigenvalue weighted by molar-refractivity contribution is -0.144. The summed E-state index contributed by atoms with van der Waals surface area (Å²) in [5, 5.41) is 5.69. The van der Waals surface area contributed by atoms with E-state index in [1.807, 2.05) is 18.2 Å². The lowest BCUT2D eigenvalue weighted by Crippen LogP contribution is -2.49. The summed E-state index contributed by atoms with van der Waals surface area (Å²) >= 11 is 0. The molecule has 1 aromatic heterocycles. The topological polar surface area (TPSA) is 157 Å². The van der Waals surface area contributed by atoms with Gasteiger partial charge in [0.05, 0.1) is 12.3 Å². The zero-order valence-electron chi connectivity index (χ0n) is 22.9. The summed E-state index contributed by atoms with van der Waals surface area (Å²) in [7, 11) is 0. The predicted octanol–water partition coefficient (Wildman–Crippen LogP) is 2.29. The Labute approximate surface area is 237 Å². The summed E-state index contributed by atoms with van der Waals surface area (Å²) in [5.41, 5.74) is 1.97. The summed E-state index contributed by atoms with van der Waals surface area (Å²) < 4.78 is 10.0. The maximum atomic E-state index is 13.5. The Morgan fingerprint density at radius 3 is 2.51 bits per heavy atom. The molecule has 1 saturated heterocycles. The van der Waals surface area contributed by atoms with E-state index < -0.39 is 30.0 Å². The molecule has 2 amide bonds. The maximum Gasteiger partial charge on any atom is 0.417 e. The van der Waals surface area contributed by atoms with Gasteiger partial charge in [-0.2, -0.15) is 0 Å². The van der Waals surface area contributed by atoms with Crippen LogP contribution < -0.4 is 10.6 Å². The van der Waals surface area contributed by atoms with Gasteiger partial charge in [-0.25, -0.2) is 19.6 Å². The molecule has 4 rings (SSSR count). The zero-order valence-corrected chi connectivity index (χ0v) is 22.9. The molecule has 0 saturated carbocycles. The molecule has 1 atom stereocenters. The molecule has 0 spiro atoms. The molecule has 1 aliphatic heterocycles. The molecule has 12 heteroatoms. The van der Waals surface area contributed by atoms with Gasteiger partial charge >= 0.3 is 18.0 Å². The summed E-state index contributed by atoms with van der Waals surface area (Å²) in [5.74, 6) is -1.83. The highest BCUT2D eigenvalue weighted by Crippen LogP contribution is 2.26. The molecule has 1 aliphatic carbocycles. The van der Waals surface area contributed by atoms with Gasteiger partial charge in [-0.1, -0.05) is 36.4 Å². The minimum atomic E-state index is -1.32. The van der Waals surface area contributed by atoms with E-state index in [0.29, 0.717) is 56.1 Å². The second kappa shape index (κ2) is 14.3. The fraction of sp³-hybridized carbons (Fsp3) is 0.414. The minimum Gasteiger partial charge on any atom is -0.466 e. The zero-order chi connectivity index (χ0) is 29.2. The van der Waals surface area contributed by atoms with Crippen molar-refractivity contribution in [1.82, 2.24) is 25.5 Å². The number of nitrogens with one attached hydrogen (secondary N) is 2. The van der Waals surface area contributed by atoms with Crippen LogP contribution in [0.4, 0.5) is 4.79 Å². The van der Waals surface area contributed by atoms with Crippen LogP contribution in [0.25, 0.3) is 17.0 Å². The van der Waals surface area contributed by atoms with E-state index in [2.05, 4.69) is 20.6 Å². The quantitative estimate of drug-likeness (QED) is 0.343. The van der Waals surface area contributed by atoms with Gasteiger partial charge in [0.1, 0.15) is 17.5 Å². The average Bonchev–Trinajstić information content (AvgIpc) is 3.00. The Morgan fingerprint density at radius 2 is 1.83 bits per heavy atom. The summed E-state index contributed by atoms with van der Waals surface area (Å²) in [6.45, 7) is 3.70. The van der Waals surface area contributed by atoms with Crippen LogP contribution in [0, 0.1) is 0 Å². The molecule has 2 aliphatic rings. The number of ether oxygens (including phenoxy) is 2. The van der Waals surface area contributed by atoms with Gasteiger partial charge in [-0.15, -0.1) is 0 Å². The van der Waals surface area contributed by atoms with Crippen LogP contribution >= 0.6 is 0 Å². The number of piperazine rings is 1. The molecule has 2 heterocycles. The van der Waals surface area contributed by atoms with E-state index in [0.717, 1.165) is 5.57 Å². The number of aromatic nitrogens is 2. The normalized spacial score (nSPS) is 15.9. The Hall–Kier alpha value is -4.45. The number of Topliss-reactive ketones (excluding diaryl/α,β-unsaturated/α-hetero) is 1. The number of esters is 2. The van der Waals surface area contributed by atoms with E-state index in [1.165, 1.54) is 11.0 Å². The van der Waals surface area contributed by atoms with E-state index in [-0.39, 0.29) is 37.3 Å². The Bertz CT molecular complexity index is 1320. The Balaban J connectivity index is 1.58. The van der Waals surface area contributed by atoms with E-state index in [4.69, 9.17) is 9.47 Å². The Morgan fingerprint density at radius 1 is 1.07 bits per heavy atom. The number of hydrogen-bond donors (Lipinski definition) is 2. The average molecular weight is 564 g/mol. The summed E-state index contributed by atoms with van der Waals surface area (Å²) in [4.78, 5) is 73.3. The van der Waals surface area contributed by atoms with E-state index >= 15 is 0 Å². The fourth-order valence-electron chi connectivity index (χ4n) is 4.44. The third-order valence-electron chi connectivity index (χ3n) is 6.66.